The molecule has 0 aromatic rings. The van der Waals surface area contributed by atoms with Gasteiger partial charge >= 0.3 is 5.91 Å². The van der Waals surface area contributed by atoms with Gasteiger partial charge in [0.25, 0.3) is 0 Å². The van der Waals surface area contributed by atoms with Gasteiger partial charge < -0.3 is 15.0 Å². The second-order valence-electron chi connectivity index (χ2n) is 6.63. The Morgan fingerprint density at radius 2 is 1.95 bits per heavy atom. The molecule has 3 heterocycles. The Bertz CT molecular complexity index is 596. The van der Waals surface area contributed by atoms with Gasteiger partial charge in [-0.15, -0.1) is 0 Å². The van der Waals surface area contributed by atoms with E-state index in [1.165, 1.54) is 4.58 Å². The molecule has 3 aliphatic rings. The van der Waals surface area contributed by atoms with Gasteiger partial charge in [0.15, 0.2) is 12.0 Å². The summed E-state index contributed by atoms with van der Waals surface area (Å²) in [6.45, 7) is 3.76. The molecule has 7 nitrogen and oxygen atoms in total. The van der Waals surface area contributed by atoms with E-state index in [0.29, 0.717) is 25.1 Å². The van der Waals surface area contributed by atoms with Crippen molar-refractivity contribution in [3.05, 3.63) is 11.1 Å². The molecule has 2 saturated heterocycles. The molecule has 2 fully saturated rings. The van der Waals surface area contributed by atoms with E-state index in [2.05, 4.69) is 9.80 Å². The topological polar surface area (TPSA) is 86.9 Å². The average Bonchev–Trinajstić information content (AvgIpc) is 2.72. The van der Waals surface area contributed by atoms with Gasteiger partial charge in [-0.1, -0.05) is 0 Å². The first-order valence-corrected chi connectivity index (χ1v) is 7.49. The van der Waals surface area contributed by atoms with Crippen LogP contribution in [0.1, 0.15) is 13.3 Å². The lowest BCUT2D eigenvalue weighted by molar-refractivity contribution is -0.545. The number of aliphatic hydroxyl groups excluding tert-OH is 1. The number of likely N-dealkylation sites (N-methyl/N-ethyl adjacent to an activating group) is 2. The molecule has 3 atom stereocenters. The number of nitrogens with zero attached hydrogens (tertiary/aromatic N) is 3. The molecule has 0 saturated carbocycles. The Kier molecular flexibility index (Phi) is 3.66. The third kappa shape index (κ3) is 2.20. The minimum Gasteiger partial charge on any atom is -0.539 e. The smallest absolute Gasteiger partial charge is 0.400 e. The summed E-state index contributed by atoms with van der Waals surface area (Å²) in [5, 5.41) is 21.3. The van der Waals surface area contributed by atoms with Crippen LogP contribution in [-0.4, -0.2) is 83.1 Å². The fourth-order valence-corrected chi connectivity index (χ4v) is 3.98. The van der Waals surface area contributed by atoms with Crippen LogP contribution in [0.25, 0.3) is 0 Å². The van der Waals surface area contributed by atoms with Gasteiger partial charge in [0.1, 0.15) is 5.97 Å². The fourth-order valence-electron chi connectivity index (χ4n) is 3.98. The zero-order valence-electron chi connectivity index (χ0n) is 13.1. The average molecular weight is 307 g/mol. The molecule has 0 aromatic heterocycles. The zero-order chi connectivity index (χ0) is 16.2. The summed E-state index contributed by atoms with van der Waals surface area (Å²) in [6, 6.07) is -0.250. The third-order valence-electron chi connectivity index (χ3n) is 4.75. The molecule has 1 amide bonds. The van der Waals surface area contributed by atoms with Crippen molar-refractivity contribution >= 4 is 17.6 Å². The molecule has 3 rings (SSSR count). The van der Waals surface area contributed by atoms with Gasteiger partial charge in [-0.3, -0.25) is 9.80 Å². The number of carbonyl (C=O) groups is 2. The molecule has 0 spiro atoms. The van der Waals surface area contributed by atoms with Crippen LogP contribution in [0.2, 0.25) is 0 Å². The number of aliphatic carboxylic acids is 1. The lowest BCUT2D eigenvalue weighted by atomic mass is 9.83. The van der Waals surface area contributed by atoms with Gasteiger partial charge in [0, 0.05) is 25.1 Å². The van der Waals surface area contributed by atoms with E-state index in [0.717, 1.165) is 12.2 Å². The Morgan fingerprint density at radius 1 is 1.36 bits per heavy atom. The number of carboxylic acids is 1. The molecular formula is C15H21N3O4. The van der Waals surface area contributed by atoms with Crippen LogP contribution in [0.15, 0.2) is 11.1 Å². The van der Waals surface area contributed by atoms with Crippen LogP contribution < -0.4 is 5.11 Å². The van der Waals surface area contributed by atoms with E-state index in [-0.39, 0.29) is 17.7 Å². The van der Waals surface area contributed by atoms with Gasteiger partial charge in [0.2, 0.25) is 5.71 Å². The molecule has 120 valence electrons. The molecule has 0 aliphatic carbocycles. The summed E-state index contributed by atoms with van der Waals surface area (Å²) in [7, 11) is 3.95. The first-order valence-electron chi connectivity index (χ1n) is 7.49. The zero-order valence-corrected chi connectivity index (χ0v) is 13.1. The second kappa shape index (κ2) is 5.26. The summed E-state index contributed by atoms with van der Waals surface area (Å²) in [4.78, 5) is 27.9. The number of fused-ring (bicyclic) bond motifs is 1. The molecule has 0 bridgehead atoms. The van der Waals surface area contributed by atoms with E-state index in [1.54, 1.807) is 6.92 Å². The minimum absolute atomic E-state index is 0.00519. The Labute approximate surface area is 129 Å². The SMILES string of the molecule is C[C@@H](O)[C@H]1C(=O)[N+]2=C(C(=O)[O-])C(=C3CN(C)CN(C)C3)C[C@H]12. The number of carboxylic acid groups (broad SMARTS) is 1. The first kappa shape index (κ1) is 15.3. The van der Waals surface area contributed by atoms with Crippen LogP contribution in [0.4, 0.5) is 0 Å². The number of hydrogen-bond donors (Lipinski definition) is 1. The maximum absolute atomic E-state index is 12.2. The molecule has 1 N–H and O–H groups in total. The van der Waals surface area contributed by atoms with Crippen molar-refractivity contribution in [2.45, 2.75) is 25.5 Å². The predicted molar refractivity (Wildman–Crippen MR) is 76.0 cm³/mol. The Morgan fingerprint density at radius 3 is 2.45 bits per heavy atom. The molecule has 7 heteroatoms. The summed E-state index contributed by atoms with van der Waals surface area (Å²) < 4.78 is 1.31. The number of β-lactam (4-membered cyclic amide) rings is 1. The highest BCUT2D eigenvalue weighted by Gasteiger charge is 2.62. The van der Waals surface area contributed by atoms with E-state index in [9.17, 15) is 19.8 Å². The van der Waals surface area contributed by atoms with Gasteiger partial charge in [-0.25, -0.2) is 4.79 Å². The van der Waals surface area contributed by atoms with Crippen molar-refractivity contribution in [3.8, 4) is 0 Å². The highest BCUT2D eigenvalue weighted by atomic mass is 16.4. The van der Waals surface area contributed by atoms with E-state index >= 15 is 0 Å². The fraction of sp³-hybridized carbons (Fsp3) is 0.667. The third-order valence-corrected chi connectivity index (χ3v) is 4.75. The largest absolute Gasteiger partial charge is 0.539 e. The standard InChI is InChI=1S/C15H21N3O4/c1-8(19)12-11-4-10(9-5-16(2)7-17(3)6-9)13(15(21)22)18(11)14(12)20/h8,11-12,19H,4-7H2,1-3H3/t8-,11-,12-/m1/s1. The summed E-state index contributed by atoms with van der Waals surface area (Å²) in [5.74, 6) is -2.13. The van der Waals surface area contributed by atoms with Crippen LogP contribution in [-0.2, 0) is 9.59 Å². The van der Waals surface area contributed by atoms with Crippen molar-refractivity contribution in [2.24, 2.45) is 5.92 Å². The summed E-state index contributed by atoms with van der Waals surface area (Å²) >= 11 is 0. The molecular weight excluding hydrogens is 286 g/mol. The van der Waals surface area contributed by atoms with Crippen molar-refractivity contribution in [1.29, 1.82) is 0 Å². The molecule has 0 unspecified atom stereocenters. The first-order chi connectivity index (χ1) is 10.3. The molecule has 22 heavy (non-hydrogen) atoms. The molecule has 0 aromatic carbocycles. The maximum atomic E-state index is 12.2. The van der Waals surface area contributed by atoms with Crippen molar-refractivity contribution in [2.75, 3.05) is 33.9 Å². The van der Waals surface area contributed by atoms with E-state index < -0.39 is 18.0 Å². The van der Waals surface area contributed by atoms with Gasteiger partial charge in [-0.2, -0.15) is 4.58 Å². The van der Waals surface area contributed by atoms with Crippen molar-refractivity contribution in [3.63, 3.8) is 0 Å². The number of hydrogen-bond acceptors (Lipinski definition) is 6. The monoisotopic (exact) mass is 307 g/mol. The molecule has 3 aliphatic heterocycles. The van der Waals surface area contributed by atoms with Crippen LogP contribution >= 0.6 is 0 Å². The van der Waals surface area contributed by atoms with Gasteiger partial charge in [-0.05, 0) is 26.6 Å². The van der Waals surface area contributed by atoms with Crippen LogP contribution in [0.5, 0.6) is 0 Å². The lowest BCUT2D eigenvalue weighted by Gasteiger charge is -2.33. The molecule has 0 radical (unpaired) electrons. The summed E-state index contributed by atoms with van der Waals surface area (Å²) in [5.41, 5.74) is 1.73. The van der Waals surface area contributed by atoms with Crippen LogP contribution in [0.3, 0.4) is 0 Å². The Balaban J connectivity index is 2.02. The normalized spacial score (nSPS) is 31.4. The minimum atomic E-state index is -1.31. The van der Waals surface area contributed by atoms with Crippen molar-refractivity contribution in [1.82, 2.24) is 9.80 Å². The highest BCUT2D eigenvalue weighted by Crippen LogP contribution is 2.38. The number of amides is 1. The highest BCUT2D eigenvalue weighted by molar-refractivity contribution is 6.41. The quantitative estimate of drug-likeness (QED) is 0.453. The number of carbonyl (C=O) groups excluding carboxylic acids is 2. The summed E-state index contributed by atoms with van der Waals surface area (Å²) in [6.07, 6.45) is -0.278. The van der Waals surface area contributed by atoms with E-state index in [1.807, 2.05) is 14.1 Å². The Hall–Kier alpha value is -1.57. The van der Waals surface area contributed by atoms with E-state index in [4.69, 9.17) is 0 Å². The van der Waals surface area contributed by atoms with Crippen LogP contribution in [0, 0.1) is 5.92 Å². The van der Waals surface area contributed by atoms with Crippen molar-refractivity contribution < 1.29 is 24.4 Å². The number of rotatable bonds is 2. The van der Waals surface area contributed by atoms with Gasteiger partial charge in [0.05, 0.1) is 12.8 Å². The second-order valence-corrected chi connectivity index (χ2v) is 6.63. The predicted octanol–water partition coefficient (Wildman–Crippen LogP) is -2.37. The number of aliphatic hydroxyl groups is 1. The lowest BCUT2D eigenvalue weighted by Crippen LogP contribution is -2.59. The maximum Gasteiger partial charge on any atom is 0.400 e.